The van der Waals surface area contributed by atoms with Gasteiger partial charge in [0.2, 0.25) is 0 Å². The van der Waals surface area contributed by atoms with Crippen molar-refractivity contribution in [2.45, 2.75) is 64.0 Å². The summed E-state index contributed by atoms with van der Waals surface area (Å²) >= 11 is 0. The molecule has 4 unspecified atom stereocenters. The van der Waals surface area contributed by atoms with Gasteiger partial charge in [-0.25, -0.2) is 0 Å². The zero-order chi connectivity index (χ0) is 10.9. The van der Waals surface area contributed by atoms with E-state index in [0.29, 0.717) is 0 Å². The third kappa shape index (κ3) is 2.21. The molecule has 0 spiro atoms. The molecule has 0 aliphatic heterocycles. The van der Waals surface area contributed by atoms with Gasteiger partial charge in [-0.15, -0.1) is 0 Å². The van der Waals surface area contributed by atoms with Gasteiger partial charge in [0.1, 0.15) is 0 Å². The summed E-state index contributed by atoms with van der Waals surface area (Å²) in [6, 6.07) is 0.740. The number of rotatable bonds is 3. The van der Waals surface area contributed by atoms with Crippen LogP contribution in [0.1, 0.15) is 52.4 Å². The van der Waals surface area contributed by atoms with Crippen molar-refractivity contribution in [3.63, 3.8) is 0 Å². The lowest BCUT2D eigenvalue weighted by atomic mass is 9.87. The van der Waals surface area contributed by atoms with E-state index in [0.717, 1.165) is 24.4 Å². The topological polar surface area (TPSA) is 38.0 Å². The first-order valence-electron chi connectivity index (χ1n) is 6.64. The van der Waals surface area contributed by atoms with Gasteiger partial charge in [-0.05, 0) is 43.9 Å². The van der Waals surface area contributed by atoms with E-state index in [2.05, 4.69) is 19.2 Å². The van der Waals surface area contributed by atoms with E-state index < -0.39 is 0 Å². The fourth-order valence-electron chi connectivity index (χ4n) is 3.57. The molecule has 2 rings (SSSR count). The molecule has 0 amide bonds. The maximum atomic E-state index is 6.01. The summed E-state index contributed by atoms with van der Waals surface area (Å²) in [4.78, 5) is 0. The molecule has 0 aromatic carbocycles. The Kier molecular flexibility index (Phi) is 3.36. The maximum absolute atomic E-state index is 6.01. The third-order valence-electron chi connectivity index (χ3n) is 4.75. The average Bonchev–Trinajstić information content (AvgIpc) is 2.76. The number of hydrogen-bond acceptors (Lipinski definition) is 2. The standard InChI is InChI=1S/C13H26N2/c1-10-5-6-12(8-10)15-13(9-14)7-3-4-11(13)2/h10-12,15H,3-9,14H2,1-2H3. The monoisotopic (exact) mass is 210 g/mol. The average molecular weight is 210 g/mol. The minimum atomic E-state index is 0.273. The molecule has 2 heteroatoms. The van der Waals surface area contributed by atoms with Crippen molar-refractivity contribution >= 4 is 0 Å². The Balaban J connectivity index is 1.96. The van der Waals surface area contributed by atoms with Crippen molar-refractivity contribution in [2.24, 2.45) is 17.6 Å². The number of nitrogens with one attached hydrogen (secondary N) is 1. The Morgan fingerprint density at radius 3 is 2.53 bits per heavy atom. The smallest absolute Gasteiger partial charge is 0.0332 e. The van der Waals surface area contributed by atoms with Crippen LogP contribution in [0.25, 0.3) is 0 Å². The molecule has 0 heterocycles. The lowest BCUT2D eigenvalue weighted by molar-refractivity contribution is 0.234. The highest BCUT2D eigenvalue weighted by atomic mass is 15.0. The molecule has 4 atom stereocenters. The van der Waals surface area contributed by atoms with Crippen LogP contribution in [0.15, 0.2) is 0 Å². The van der Waals surface area contributed by atoms with Crippen molar-refractivity contribution in [1.82, 2.24) is 5.32 Å². The fourth-order valence-corrected chi connectivity index (χ4v) is 3.57. The van der Waals surface area contributed by atoms with Crippen LogP contribution in [-0.4, -0.2) is 18.1 Å². The lowest BCUT2D eigenvalue weighted by Crippen LogP contribution is -2.56. The Morgan fingerprint density at radius 2 is 2.07 bits per heavy atom. The molecular weight excluding hydrogens is 184 g/mol. The van der Waals surface area contributed by atoms with Crippen LogP contribution in [-0.2, 0) is 0 Å². The second-order valence-electron chi connectivity index (χ2n) is 5.91. The first-order chi connectivity index (χ1) is 7.16. The van der Waals surface area contributed by atoms with Crippen LogP contribution in [0.4, 0.5) is 0 Å². The van der Waals surface area contributed by atoms with E-state index in [9.17, 15) is 0 Å². The van der Waals surface area contributed by atoms with Crippen LogP contribution in [0, 0.1) is 11.8 Å². The predicted octanol–water partition coefficient (Wildman–Crippen LogP) is 2.28. The third-order valence-corrected chi connectivity index (χ3v) is 4.75. The molecule has 0 aromatic heterocycles. The fraction of sp³-hybridized carbons (Fsp3) is 1.00. The van der Waals surface area contributed by atoms with Crippen molar-refractivity contribution < 1.29 is 0 Å². The minimum Gasteiger partial charge on any atom is -0.329 e. The van der Waals surface area contributed by atoms with E-state index >= 15 is 0 Å². The largest absolute Gasteiger partial charge is 0.329 e. The Bertz CT molecular complexity index is 217. The number of hydrogen-bond donors (Lipinski definition) is 2. The molecule has 2 aliphatic rings. The second-order valence-corrected chi connectivity index (χ2v) is 5.91. The van der Waals surface area contributed by atoms with Gasteiger partial charge in [0, 0.05) is 18.1 Å². The van der Waals surface area contributed by atoms with Crippen LogP contribution in [0.5, 0.6) is 0 Å². The highest BCUT2D eigenvalue weighted by Crippen LogP contribution is 2.37. The quantitative estimate of drug-likeness (QED) is 0.750. The van der Waals surface area contributed by atoms with Gasteiger partial charge in [0.15, 0.2) is 0 Å². The second kappa shape index (κ2) is 4.42. The highest BCUT2D eigenvalue weighted by molar-refractivity contribution is 5.01. The van der Waals surface area contributed by atoms with Crippen molar-refractivity contribution in [2.75, 3.05) is 6.54 Å². The Labute approximate surface area is 94.0 Å². The molecule has 0 saturated heterocycles. The Morgan fingerprint density at radius 1 is 1.27 bits per heavy atom. The molecule has 2 fully saturated rings. The molecule has 0 radical (unpaired) electrons. The summed E-state index contributed by atoms with van der Waals surface area (Å²) in [5, 5.41) is 3.90. The van der Waals surface area contributed by atoms with Gasteiger partial charge in [-0.2, -0.15) is 0 Å². The molecule has 2 aliphatic carbocycles. The lowest BCUT2D eigenvalue weighted by Gasteiger charge is -2.37. The molecule has 0 bridgehead atoms. The molecule has 3 N–H and O–H groups in total. The normalized spacial score (nSPS) is 46.2. The summed E-state index contributed by atoms with van der Waals surface area (Å²) < 4.78 is 0. The van der Waals surface area contributed by atoms with Crippen LogP contribution in [0.2, 0.25) is 0 Å². The van der Waals surface area contributed by atoms with Gasteiger partial charge >= 0.3 is 0 Å². The zero-order valence-electron chi connectivity index (χ0n) is 10.3. The van der Waals surface area contributed by atoms with E-state index in [-0.39, 0.29) is 5.54 Å². The molecule has 15 heavy (non-hydrogen) atoms. The van der Waals surface area contributed by atoms with Gasteiger partial charge < -0.3 is 11.1 Å². The highest BCUT2D eigenvalue weighted by Gasteiger charge is 2.41. The van der Waals surface area contributed by atoms with E-state index in [1.54, 1.807) is 0 Å². The first-order valence-corrected chi connectivity index (χ1v) is 6.64. The molecule has 88 valence electrons. The number of nitrogens with two attached hydrogens (primary N) is 1. The zero-order valence-corrected chi connectivity index (χ0v) is 10.3. The maximum Gasteiger partial charge on any atom is 0.0332 e. The van der Waals surface area contributed by atoms with Gasteiger partial charge in [-0.3, -0.25) is 0 Å². The Hall–Kier alpha value is -0.0800. The summed E-state index contributed by atoms with van der Waals surface area (Å²) in [5.41, 5.74) is 6.28. The summed E-state index contributed by atoms with van der Waals surface area (Å²) in [6.45, 7) is 5.55. The predicted molar refractivity (Wildman–Crippen MR) is 64.7 cm³/mol. The molecule has 2 nitrogen and oxygen atoms in total. The first kappa shape index (κ1) is 11.4. The van der Waals surface area contributed by atoms with E-state index in [1.807, 2.05) is 0 Å². The van der Waals surface area contributed by atoms with Crippen LogP contribution >= 0.6 is 0 Å². The summed E-state index contributed by atoms with van der Waals surface area (Å²) in [7, 11) is 0. The SMILES string of the molecule is CC1CCC(NC2(CN)CCCC2C)C1. The van der Waals surface area contributed by atoms with Crippen molar-refractivity contribution in [3.05, 3.63) is 0 Å². The summed E-state index contributed by atoms with van der Waals surface area (Å²) in [5.74, 6) is 1.67. The van der Waals surface area contributed by atoms with Gasteiger partial charge in [0.25, 0.3) is 0 Å². The van der Waals surface area contributed by atoms with Crippen LogP contribution in [0.3, 0.4) is 0 Å². The minimum absolute atomic E-state index is 0.273. The summed E-state index contributed by atoms with van der Waals surface area (Å²) in [6.07, 6.45) is 8.10. The van der Waals surface area contributed by atoms with Crippen LogP contribution < -0.4 is 11.1 Å². The van der Waals surface area contributed by atoms with E-state index in [4.69, 9.17) is 5.73 Å². The van der Waals surface area contributed by atoms with Crippen molar-refractivity contribution in [1.29, 1.82) is 0 Å². The van der Waals surface area contributed by atoms with Gasteiger partial charge in [0.05, 0.1) is 0 Å². The molecule has 2 saturated carbocycles. The molecule has 0 aromatic rings. The van der Waals surface area contributed by atoms with E-state index in [1.165, 1.54) is 38.5 Å². The van der Waals surface area contributed by atoms with Gasteiger partial charge in [-0.1, -0.05) is 20.3 Å². The van der Waals surface area contributed by atoms with Crippen molar-refractivity contribution in [3.8, 4) is 0 Å². The molecular formula is C13H26N2.